The van der Waals surface area contributed by atoms with E-state index in [2.05, 4.69) is 10.3 Å². The van der Waals surface area contributed by atoms with Crippen LogP contribution in [0.3, 0.4) is 0 Å². The van der Waals surface area contributed by atoms with Gasteiger partial charge in [-0.3, -0.25) is 14.6 Å². The highest BCUT2D eigenvalue weighted by Crippen LogP contribution is 2.26. The van der Waals surface area contributed by atoms with Gasteiger partial charge in [0.25, 0.3) is 0 Å². The zero-order valence-electron chi connectivity index (χ0n) is 13.7. The number of amides is 2. The zero-order valence-corrected chi connectivity index (χ0v) is 13.7. The van der Waals surface area contributed by atoms with Crippen LogP contribution in [0.4, 0.5) is 0 Å². The number of rotatable bonds is 4. The fraction of sp³-hybridized carbons (Fsp3) is 0.316. The molecule has 0 spiro atoms. The van der Waals surface area contributed by atoms with E-state index in [1.54, 1.807) is 11.1 Å². The van der Waals surface area contributed by atoms with Gasteiger partial charge in [-0.25, -0.2) is 0 Å². The number of nitrogens with one attached hydrogen (secondary N) is 1. The van der Waals surface area contributed by atoms with Crippen LogP contribution >= 0.6 is 0 Å². The van der Waals surface area contributed by atoms with Gasteiger partial charge in [0.1, 0.15) is 0 Å². The summed E-state index contributed by atoms with van der Waals surface area (Å²) >= 11 is 0. The summed E-state index contributed by atoms with van der Waals surface area (Å²) in [5.41, 5.74) is 2.92. The summed E-state index contributed by atoms with van der Waals surface area (Å²) in [6, 6.07) is 13.8. The van der Waals surface area contributed by atoms with Gasteiger partial charge in [-0.15, -0.1) is 0 Å². The van der Waals surface area contributed by atoms with E-state index in [0.717, 1.165) is 17.7 Å². The lowest BCUT2D eigenvalue weighted by molar-refractivity contribution is -0.131. The second-order valence-electron chi connectivity index (χ2n) is 6.03. The van der Waals surface area contributed by atoms with Crippen molar-refractivity contribution in [2.24, 2.45) is 0 Å². The molecule has 0 saturated carbocycles. The first kappa shape index (κ1) is 16.2. The Hall–Kier alpha value is -2.69. The van der Waals surface area contributed by atoms with Crippen LogP contribution in [0.5, 0.6) is 0 Å². The highest BCUT2D eigenvalue weighted by Gasteiger charge is 2.32. The Morgan fingerprint density at radius 1 is 1.21 bits per heavy atom. The Morgan fingerprint density at radius 3 is 2.75 bits per heavy atom. The molecule has 124 valence electrons. The molecule has 1 unspecified atom stereocenters. The predicted octanol–water partition coefficient (Wildman–Crippen LogP) is 1.89. The average Bonchev–Trinajstić information content (AvgIpc) is 2.61. The van der Waals surface area contributed by atoms with Gasteiger partial charge in [0.2, 0.25) is 11.8 Å². The number of benzene rings is 1. The minimum absolute atomic E-state index is 0.0217. The van der Waals surface area contributed by atoms with Crippen LogP contribution < -0.4 is 5.32 Å². The third-order valence-electron chi connectivity index (χ3n) is 4.34. The summed E-state index contributed by atoms with van der Waals surface area (Å²) in [5, 5.41) is 2.98. The average molecular weight is 323 g/mol. The van der Waals surface area contributed by atoms with E-state index in [1.807, 2.05) is 42.5 Å². The Morgan fingerprint density at radius 2 is 2.00 bits per heavy atom. The maximum atomic E-state index is 12.6. The standard InChI is InChI=1S/C19H21N3O2/c1-14(23)22-12-16-8-5-10-20-18(16)17(13-22)19(24)21-11-9-15-6-3-2-4-7-15/h2-8,10,17H,9,11-13H2,1H3,(H,21,24). The van der Waals surface area contributed by atoms with Crippen LogP contribution in [0.1, 0.15) is 29.7 Å². The van der Waals surface area contributed by atoms with Crippen LogP contribution in [0, 0.1) is 0 Å². The van der Waals surface area contributed by atoms with Crippen molar-refractivity contribution in [3.63, 3.8) is 0 Å². The molecule has 3 rings (SSSR count). The first-order valence-electron chi connectivity index (χ1n) is 8.16. The number of nitrogens with zero attached hydrogens (tertiary/aromatic N) is 2. The maximum absolute atomic E-state index is 12.6. The quantitative estimate of drug-likeness (QED) is 0.934. The SMILES string of the molecule is CC(=O)N1Cc2cccnc2C(C(=O)NCCc2ccccc2)C1. The molecular weight excluding hydrogens is 302 g/mol. The Labute approximate surface area is 141 Å². The number of pyridine rings is 1. The Bertz CT molecular complexity index is 730. The number of aromatic nitrogens is 1. The first-order valence-corrected chi connectivity index (χ1v) is 8.16. The van der Waals surface area contributed by atoms with Crippen molar-refractivity contribution in [1.29, 1.82) is 0 Å². The zero-order chi connectivity index (χ0) is 16.9. The van der Waals surface area contributed by atoms with Gasteiger partial charge in [-0.05, 0) is 23.6 Å². The van der Waals surface area contributed by atoms with E-state index in [-0.39, 0.29) is 11.8 Å². The molecule has 2 aromatic rings. The lowest BCUT2D eigenvalue weighted by atomic mass is 9.93. The second-order valence-corrected chi connectivity index (χ2v) is 6.03. The smallest absolute Gasteiger partial charge is 0.230 e. The van der Waals surface area contributed by atoms with Gasteiger partial charge in [0.05, 0.1) is 11.6 Å². The van der Waals surface area contributed by atoms with Crippen LogP contribution in [-0.4, -0.2) is 34.8 Å². The number of hydrogen-bond acceptors (Lipinski definition) is 3. The molecule has 0 fully saturated rings. The topological polar surface area (TPSA) is 62.3 Å². The molecule has 2 amide bonds. The van der Waals surface area contributed by atoms with Gasteiger partial charge >= 0.3 is 0 Å². The van der Waals surface area contributed by atoms with Crippen LogP contribution in [-0.2, 0) is 22.6 Å². The summed E-state index contributed by atoms with van der Waals surface area (Å²) < 4.78 is 0. The number of hydrogen-bond donors (Lipinski definition) is 1. The predicted molar refractivity (Wildman–Crippen MR) is 91.2 cm³/mol. The van der Waals surface area contributed by atoms with E-state index in [9.17, 15) is 9.59 Å². The molecule has 0 aliphatic carbocycles. The number of carbonyl (C=O) groups excluding carboxylic acids is 2. The van der Waals surface area contributed by atoms with Gasteiger partial charge in [0, 0.05) is 32.8 Å². The lowest BCUT2D eigenvalue weighted by Gasteiger charge is -2.32. The molecule has 1 N–H and O–H groups in total. The fourth-order valence-electron chi connectivity index (χ4n) is 3.02. The van der Waals surface area contributed by atoms with E-state index >= 15 is 0 Å². The Kier molecular flexibility index (Phi) is 4.89. The van der Waals surface area contributed by atoms with Crippen molar-refractivity contribution >= 4 is 11.8 Å². The molecule has 1 aromatic carbocycles. The van der Waals surface area contributed by atoms with Crippen molar-refractivity contribution in [3.8, 4) is 0 Å². The summed E-state index contributed by atoms with van der Waals surface area (Å²) in [5.74, 6) is -0.502. The normalized spacial score (nSPS) is 16.4. The van der Waals surface area contributed by atoms with Gasteiger partial charge in [-0.1, -0.05) is 36.4 Å². The summed E-state index contributed by atoms with van der Waals surface area (Å²) in [6.07, 6.45) is 2.48. The number of fused-ring (bicyclic) bond motifs is 1. The summed E-state index contributed by atoms with van der Waals surface area (Å²) in [6.45, 7) is 3.01. The molecule has 1 aliphatic rings. The third-order valence-corrected chi connectivity index (χ3v) is 4.34. The minimum atomic E-state index is -0.408. The van der Waals surface area contributed by atoms with E-state index < -0.39 is 5.92 Å². The van der Waals surface area contributed by atoms with Crippen molar-refractivity contribution in [2.45, 2.75) is 25.8 Å². The van der Waals surface area contributed by atoms with Gasteiger partial charge in [0.15, 0.2) is 0 Å². The third kappa shape index (κ3) is 3.62. The first-order chi connectivity index (χ1) is 11.6. The molecule has 5 heteroatoms. The summed E-state index contributed by atoms with van der Waals surface area (Å²) in [4.78, 5) is 30.5. The van der Waals surface area contributed by atoms with E-state index in [0.29, 0.717) is 19.6 Å². The van der Waals surface area contributed by atoms with Crippen molar-refractivity contribution < 1.29 is 9.59 Å². The highest BCUT2D eigenvalue weighted by atomic mass is 16.2. The second kappa shape index (κ2) is 7.25. The van der Waals surface area contributed by atoms with Crippen molar-refractivity contribution in [2.75, 3.05) is 13.1 Å². The highest BCUT2D eigenvalue weighted by molar-refractivity contribution is 5.85. The monoisotopic (exact) mass is 323 g/mol. The molecule has 0 radical (unpaired) electrons. The molecule has 1 atom stereocenters. The largest absolute Gasteiger partial charge is 0.355 e. The molecule has 24 heavy (non-hydrogen) atoms. The van der Waals surface area contributed by atoms with Crippen molar-refractivity contribution in [1.82, 2.24) is 15.2 Å². The van der Waals surface area contributed by atoms with Gasteiger partial charge in [-0.2, -0.15) is 0 Å². The fourth-order valence-corrected chi connectivity index (χ4v) is 3.02. The molecule has 5 nitrogen and oxygen atoms in total. The van der Waals surface area contributed by atoms with E-state index in [1.165, 1.54) is 12.5 Å². The van der Waals surface area contributed by atoms with Crippen LogP contribution in [0.2, 0.25) is 0 Å². The molecule has 0 bridgehead atoms. The van der Waals surface area contributed by atoms with E-state index in [4.69, 9.17) is 0 Å². The molecular formula is C19H21N3O2. The molecule has 2 heterocycles. The van der Waals surface area contributed by atoms with Crippen LogP contribution in [0.25, 0.3) is 0 Å². The maximum Gasteiger partial charge on any atom is 0.230 e. The van der Waals surface area contributed by atoms with Gasteiger partial charge < -0.3 is 10.2 Å². The van der Waals surface area contributed by atoms with Crippen molar-refractivity contribution in [3.05, 3.63) is 65.5 Å². The molecule has 0 saturated heterocycles. The minimum Gasteiger partial charge on any atom is -0.355 e. The number of carbonyl (C=O) groups is 2. The lowest BCUT2D eigenvalue weighted by Crippen LogP contribution is -2.43. The molecule has 1 aliphatic heterocycles. The van der Waals surface area contributed by atoms with Crippen LogP contribution in [0.15, 0.2) is 48.7 Å². The summed E-state index contributed by atoms with van der Waals surface area (Å²) in [7, 11) is 0. The Balaban J connectivity index is 1.68. The molecule has 1 aromatic heterocycles.